The van der Waals surface area contributed by atoms with Gasteiger partial charge < -0.3 is 0 Å². The summed E-state index contributed by atoms with van der Waals surface area (Å²) < 4.78 is 0. The third-order valence-corrected chi connectivity index (χ3v) is 3.38. The summed E-state index contributed by atoms with van der Waals surface area (Å²) in [7, 11) is 0. The maximum atomic E-state index is 4.63. The van der Waals surface area contributed by atoms with Crippen LogP contribution in [0.25, 0.3) is 11.1 Å². The molecule has 134 valence electrons. The molecule has 0 N–H and O–H groups in total. The molecule has 2 nitrogen and oxygen atoms in total. The lowest BCUT2D eigenvalue weighted by Crippen LogP contribution is -2.09. The first kappa shape index (κ1) is 19.7. The van der Waals surface area contributed by atoms with E-state index in [9.17, 15) is 0 Å². The van der Waals surface area contributed by atoms with Gasteiger partial charge in [-0.1, -0.05) is 60.7 Å². The van der Waals surface area contributed by atoms with Crippen LogP contribution >= 0.6 is 0 Å². The molecular weight excluding hydrogens is 316 g/mol. The van der Waals surface area contributed by atoms with Crippen molar-refractivity contribution in [2.75, 3.05) is 0 Å². The number of aliphatic imine (C=N–C) groups is 2. The molecule has 0 spiro atoms. The fourth-order valence-corrected chi connectivity index (χ4v) is 2.19. The minimum atomic E-state index is -0.205. The highest BCUT2D eigenvalue weighted by atomic mass is 14.8. The Morgan fingerprint density at radius 3 is 1.15 bits per heavy atom. The molecule has 2 rings (SSSR count). The van der Waals surface area contributed by atoms with Crippen LogP contribution in [0.3, 0.4) is 0 Å². The molecule has 0 amide bonds. The summed E-state index contributed by atoms with van der Waals surface area (Å²) in [6.45, 7) is 12.4. The van der Waals surface area contributed by atoms with Crippen LogP contribution < -0.4 is 0 Å². The van der Waals surface area contributed by atoms with Gasteiger partial charge in [0.2, 0.25) is 0 Å². The molecule has 0 radical (unpaired) electrons. The molecule has 0 unspecified atom stereocenters. The van der Waals surface area contributed by atoms with Crippen molar-refractivity contribution in [1.82, 2.24) is 0 Å². The maximum Gasteiger partial charge on any atom is 0.0618 e. The van der Waals surface area contributed by atoms with E-state index in [4.69, 9.17) is 0 Å². The van der Waals surface area contributed by atoms with Crippen LogP contribution in [-0.4, -0.2) is 22.8 Å². The van der Waals surface area contributed by atoms with Crippen molar-refractivity contribution >= 4 is 22.9 Å². The van der Waals surface area contributed by atoms with Crippen molar-refractivity contribution in [2.24, 2.45) is 9.98 Å². The van der Waals surface area contributed by atoms with E-state index in [0.717, 1.165) is 22.3 Å². The molecule has 2 aromatic carbocycles. The Kier molecular flexibility index (Phi) is 6.16. The van der Waals surface area contributed by atoms with Gasteiger partial charge in [0.25, 0.3) is 0 Å². The fraction of sp³-hybridized carbons (Fsp3) is 0.333. The zero-order valence-corrected chi connectivity index (χ0v) is 16.7. The molecule has 2 aromatic rings. The van der Waals surface area contributed by atoms with Gasteiger partial charge in [0.05, 0.1) is 22.2 Å². The molecule has 0 bridgehead atoms. The maximum absolute atomic E-state index is 4.63. The van der Waals surface area contributed by atoms with Crippen molar-refractivity contribution in [1.29, 1.82) is 0 Å². The zero-order chi connectivity index (χ0) is 19.2. The minimum absolute atomic E-state index is 0.205. The first-order valence-electron chi connectivity index (χ1n) is 8.97. The van der Waals surface area contributed by atoms with Crippen molar-refractivity contribution in [2.45, 2.75) is 52.6 Å². The Morgan fingerprint density at radius 2 is 0.885 bits per heavy atom. The molecule has 0 heterocycles. The van der Waals surface area contributed by atoms with Crippen molar-refractivity contribution in [3.05, 3.63) is 71.8 Å². The summed E-state index contributed by atoms with van der Waals surface area (Å²) in [5.74, 6) is 6.59. The smallest absolute Gasteiger partial charge is 0.0618 e. The van der Waals surface area contributed by atoms with Gasteiger partial charge >= 0.3 is 0 Å². The topological polar surface area (TPSA) is 24.7 Å². The van der Waals surface area contributed by atoms with E-state index in [-0.39, 0.29) is 11.1 Å². The van der Waals surface area contributed by atoms with Gasteiger partial charge in [-0.25, -0.2) is 9.98 Å². The average molecular weight is 345 g/mol. The third kappa shape index (κ3) is 6.33. The van der Waals surface area contributed by atoms with Crippen LogP contribution in [-0.2, 0) is 0 Å². The lowest BCUT2D eigenvalue weighted by Gasteiger charge is -2.13. The first-order valence-corrected chi connectivity index (χ1v) is 8.97. The summed E-state index contributed by atoms with van der Waals surface area (Å²) in [4.78, 5) is 9.27. The van der Waals surface area contributed by atoms with E-state index < -0.39 is 0 Å². The van der Waals surface area contributed by atoms with Crippen LogP contribution in [0.5, 0.6) is 0 Å². The number of nitrogens with zero attached hydrogens (tertiary/aromatic N) is 2. The van der Waals surface area contributed by atoms with Gasteiger partial charge in [-0.05, 0) is 64.4 Å². The second-order valence-electron chi connectivity index (χ2n) is 8.27. The lowest BCUT2D eigenvalue weighted by molar-refractivity contribution is 0.587. The predicted molar refractivity (Wildman–Crippen MR) is 114 cm³/mol. The highest BCUT2D eigenvalue weighted by molar-refractivity contribution is 6.23. The first-order chi connectivity index (χ1) is 12.2. The van der Waals surface area contributed by atoms with E-state index in [1.165, 1.54) is 0 Å². The highest BCUT2D eigenvalue weighted by Crippen LogP contribution is 2.27. The standard InChI is InChI=1S/C24H28N2/c1-23(2,3)25-17-21(19-13-9-7-10-14-19)22(18-26-24(4,5)6)20-15-11-8-12-16-20/h7-16H,1-6H3. The highest BCUT2D eigenvalue weighted by Gasteiger charge is 2.13. The summed E-state index contributed by atoms with van der Waals surface area (Å²) in [6, 6.07) is 20.4. The molecule has 26 heavy (non-hydrogen) atoms. The van der Waals surface area contributed by atoms with Gasteiger partial charge in [0.1, 0.15) is 0 Å². The van der Waals surface area contributed by atoms with Crippen LogP contribution in [0, 0.1) is 0 Å². The van der Waals surface area contributed by atoms with Gasteiger partial charge in [-0.2, -0.15) is 0 Å². The molecule has 0 fully saturated rings. The van der Waals surface area contributed by atoms with Crippen LogP contribution in [0.2, 0.25) is 0 Å². The number of benzene rings is 2. The van der Waals surface area contributed by atoms with Crippen LogP contribution in [0.1, 0.15) is 52.7 Å². The zero-order valence-electron chi connectivity index (χ0n) is 16.7. The summed E-state index contributed by atoms with van der Waals surface area (Å²) in [5, 5.41) is 0. The largest absolute Gasteiger partial charge is 0.237 e. The van der Waals surface area contributed by atoms with Gasteiger partial charge in [0.15, 0.2) is 0 Å². The van der Waals surface area contributed by atoms with Gasteiger partial charge in [0, 0.05) is 0 Å². The molecule has 0 saturated carbocycles. The summed E-state index contributed by atoms with van der Waals surface area (Å²) in [6.07, 6.45) is 0. The van der Waals surface area contributed by atoms with E-state index in [1.54, 1.807) is 0 Å². The Hall–Kier alpha value is -2.66. The normalized spacial score (nSPS) is 11.2. The fourth-order valence-electron chi connectivity index (χ4n) is 2.19. The molecule has 0 aliphatic heterocycles. The molecule has 2 heteroatoms. The molecule has 0 atom stereocenters. The number of allylic oxidation sites excluding steroid dienone is 2. The molecule has 0 aromatic heterocycles. The second-order valence-corrected chi connectivity index (χ2v) is 8.27. The monoisotopic (exact) mass is 344 g/mol. The third-order valence-electron chi connectivity index (χ3n) is 3.38. The second kappa shape index (κ2) is 8.15. The Balaban J connectivity index is 2.79. The number of hydrogen-bond acceptors (Lipinski definition) is 2. The number of rotatable bonds is 3. The lowest BCUT2D eigenvalue weighted by atomic mass is 9.94. The predicted octanol–water partition coefficient (Wildman–Crippen LogP) is 6.09. The van der Waals surface area contributed by atoms with Crippen molar-refractivity contribution in [3.8, 4) is 0 Å². The molecular formula is C24H28N2. The quantitative estimate of drug-likeness (QED) is 0.475. The van der Waals surface area contributed by atoms with Crippen LogP contribution in [0.15, 0.2) is 70.6 Å². The Labute approximate surface area is 157 Å². The van der Waals surface area contributed by atoms with E-state index in [2.05, 4.69) is 87.5 Å². The molecule has 0 aliphatic carbocycles. The van der Waals surface area contributed by atoms with E-state index in [1.807, 2.05) is 36.4 Å². The van der Waals surface area contributed by atoms with Crippen molar-refractivity contribution < 1.29 is 0 Å². The number of hydrogen-bond donors (Lipinski definition) is 0. The summed E-state index contributed by atoms with van der Waals surface area (Å²) in [5.41, 5.74) is 3.50. The molecule has 0 saturated heterocycles. The van der Waals surface area contributed by atoms with Crippen molar-refractivity contribution in [3.63, 3.8) is 0 Å². The van der Waals surface area contributed by atoms with E-state index in [0.29, 0.717) is 0 Å². The average Bonchev–Trinajstić information content (AvgIpc) is 2.57. The Morgan fingerprint density at radius 1 is 0.577 bits per heavy atom. The SMILES string of the molecule is CC(C)(C)N=C=C(C(=C=NC(C)(C)C)c1ccccc1)c1ccccc1. The van der Waals surface area contributed by atoms with Gasteiger partial charge in [-0.3, -0.25) is 0 Å². The van der Waals surface area contributed by atoms with Gasteiger partial charge in [-0.15, -0.1) is 0 Å². The Bertz CT molecular complexity index is 772. The minimum Gasteiger partial charge on any atom is -0.237 e. The van der Waals surface area contributed by atoms with Crippen LogP contribution in [0.4, 0.5) is 0 Å². The molecule has 0 aliphatic rings. The summed E-state index contributed by atoms with van der Waals surface area (Å²) >= 11 is 0. The van der Waals surface area contributed by atoms with E-state index >= 15 is 0 Å².